The minimum Gasteiger partial charge on any atom is -0.369 e. The van der Waals surface area contributed by atoms with Gasteiger partial charge in [0.25, 0.3) is 5.91 Å². The first-order valence-corrected chi connectivity index (χ1v) is 9.33. The maximum absolute atomic E-state index is 14.6. The van der Waals surface area contributed by atoms with Crippen LogP contribution in [0.5, 0.6) is 0 Å². The lowest BCUT2D eigenvalue weighted by atomic mass is 10.1. The van der Waals surface area contributed by atoms with Gasteiger partial charge < -0.3 is 19.9 Å². The maximum atomic E-state index is 14.6. The molecule has 0 saturated carbocycles. The number of hydrogen-bond donors (Lipinski definition) is 2. The Morgan fingerprint density at radius 2 is 2.11 bits per heavy atom. The van der Waals surface area contributed by atoms with Gasteiger partial charge in [-0.25, -0.2) is 9.37 Å². The molecule has 28 heavy (non-hydrogen) atoms. The first-order chi connectivity index (χ1) is 13.4. The van der Waals surface area contributed by atoms with E-state index in [0.717, 1.165) is 36.7 Å². The van der Waals surface area contributed by atoms with Crippen LogP contribution in [0.1, 0.15) is 28.7 Å². The van der Waals surface area contributed by atoms with Crippen molar-refractivity contribution in [1.29, 1.82) is 0 Å². The van der Waals surface area contributed by atoms with Gasteiger partial charge in [0.1, 0.15) is 5.82 Å². The first-order valence-electron chi connectivity index (χ1n) is 9.33. The molecule has 2 N–H and O–H groups in total. The zero-order valence-electron chi connectivity index (χ0n) is 16.2. The number of imidazole rings is 1. The topological polar surface area (TPSA) is 74.6 Å². The highest BCUT2D eigenvalue weighted by molar-refractivity contribution is 6.04. The van der Waals surface area contributed by atoms with Crippen molar-refractivity contribution in [2.24, 2.45) is 0 Å². The molecular weight excluding hydrogens is 359 g/mol. The van der Waals surface area contributed by atoms with Crippen molar-refractivity contribution < 1.29 is 9.18 Å². The second-order valence-electron chi connectivity index (χ2n) is 7.24. The van der Waals surface area contributed by atoms with E-state index in [0.29, 0.717) is 17.5 Å². The molecule has 1 amide bonds. The van der Waals surface area contributed by atoms with E-state index < -0.39 is 11.7 Å². The minimum atomic E-state index is -0.543. The van der Waals surface area contributed by atoms with Crippen molar-refractivity contribution in [2.75, 3.05) is 29.9 Å². The van der Waals surface area contributed by atoms with Crippen molar-refractivity contribution >= 4 is 23.1 Å². The van der Waals surface area contributed by atoms with Crippen LogP contribution in [0.3, 0.4) is 0 Å². The van der Waals surface area contributed by atoms with E-state index in [2.05, 4.69) is 32.4 Å². The Bertz CT molecular complexity index is 1050. The fourth-order valence-corrected chi connectivity index (χ4v) is 3.60. The van der Waals surface area contributed by atoms with Crippen molar-refractivity contribution in [3.63, 3.8) is 0 Å². The standard InChI is InChI=1S/C20H23FN6O/c1-12-9-26(7-6-22-12)15-4-5-16(17(21)8-15)20(28)25-18-11-27-10-13(2)23-14(3)19(27)24-18/h4-5,8,10-12,22H,6-7,9H2,1-3H3,(H,25,28). The van der Waals surface area contributed by atoms with Crippen LogP contribution in [0.4, 0.5) is 15.9 Å². The lowest BCUT2D eigenvalue weighted by Gasteiger charge is -2.33. The fourth-order valence-electron chi connectivity index (χ4n) is 3.60. The summed E-state index contributed by atoms with van der Waals surface area (Å²) in [5.74, 6) is -0.706. The molecule has 1 fully saturated rings. The van der Waals surface area contributed by atoms with Crippen LogP contribution in [0, 0.1) is 19.7 Å². The Morgan fingerprint density at radius 1 is 1.29 bits per heavy atom. The number of piperazine rings is 1. The number of nitrogens with zero attached hydrogens (tertiary/aromatic N) is 4. The molecule has 2 aromatic heterocycles. The molecule has 1 saturated heterocycles. The van der Waals surface area contributed by atoms with Crippen molar-refractivity contribution in [1.82, 2.24) is 19.7 Å². The highest BCUT2D eigenvalue weighted by Crippen LogP contribution is 2.21. The third kappa shape index (κ3) is 3.55. The van der Waals surface area contributed by atoms with Crippen LogP contribution in [-0.2, 0) is 0 Å². The molecule has 0 radical (unpaired) electrons. The van der Waals surface area contributed by atoms with E-state index in [1.807, 2.05) is 20.0 Å². The number of benzene rings is 1. The van der Waals surface area contributed by atoms with Crippen LogP contribution in [0.15, 0.2) is 30.6 Å². The van der Waals surface area contributed by atoms with Gasteiger partial charge in [0.15, 0.2) is 11.5 Å². The second-order valence-corrected chi connectivity index (χ2v) is 7.24. The average molecular weight is 382 g/mol. The van der Waals surface area contributed by atoms with Gasteiger partial charge in [-0.15, -0.1) is 0 Å². The molecule has 1 unspecified atom stereocenters. The largest absolute Gasteiger partial charge is 0.369 e. The zero-order chi connectivity index (χ0) is 19.8. The number of halogens is 1. The van der Waals surface area contributed by atoms with Gasteiger partial charge in [-0.1, -0.05) is 0 Å². The lowest BCUT2D eigenvalue weighted by Crippen LogP contribution is -2.49. The normalized spacial score (nSPS) is 17.1. The molecule has 0 aliphatic carbocycles. The zero-order valence-corrected chi connectivity index (χ0v) is 16.2. The first kappa shape index (κ1) is 18.4. The summed E-state index contributed by atoms with van der Waals surface area (Å²) in [4.78, 5) is 23.4. The SMILES string of the molecule is Cc1cn2cc(NC(=O)c3ccc(N4CCNC(C)C4)cc3F)nc2c(C)n1. The highest BCUT2D eigenvalue weighted by Gasteiger charge is 2.19. The summed E-state index contributed by atoms with van der Waals surface area (Å²) in [6, 6.07) is 5.08. The molecule has 8 heteroatoms. The number of aryl methyl sites for hydroxylation is 2. The Morgan fingerprint density at radius 3 is 2.86 bits per heavy atom. The number of aromatic nitrogens is 3. The Labute approximate surface area is 162 Å². The lowest BCUT2D eigenvalue weighted by molar-refractivity contribution is 0.102. The van der Waals surface area contributed by atoms with Crippen LogP contribution in [0.25, 0.3) is 5.65 Å². The quantitative estimate of drug-likeness (QED) is 0.728. The molecule has 1 aromatic carbocycles. The molecule has 1 aliphatic rings. The number of anilines is 2. The van der Waals surface area contributed by atoms with Gasteiger partial charge in [0.2, 0.25) is 0 Å². The predicted molar refractivity (Wildman–Crippen MR) is 106 cm³/mol. The highest BCUT2D eigenvalue weighted by atomic mass is 19.1. The smallest absolute Gasteiger partial charge is 0.259 e. The third-order valence-electron chi connectivity index (χ3n) is 4.90. The molecule has 146 valence electrons. The fraction of sp³-hybridized carbons (Fsp3) is 0.350. The van der Waals surface area contributed by atoms with E-state index in [-0.39, 0.29) is 5.56 Å². The summed E-state index contributed by atoms with van der Waals surface area (Å²) in [5.41, 5.74) is 3.05. The molecule has 0 bridgehead atoms. The summed E-state index contributed by atoms with van der Waals surface area (Å²) in [6.45, 7) is 8.31. The van der Waals surface area contributed by atoms with Crippen molar-refractivity contribution in [3.8, 4) is 0 Å². The number of carbonyl (C=O) groups excluding carboxylic acids is 1. The Balaban J connectivity index is 1.54. The van der Waals surface area contributed by atoms with E-state index in [1.165, 1.54) is 12.1 Å². The van der Waals surface area contributed by atoms with Gasteiger partial charge in [-0.3, -0.25) is 9.78 Å². The number of fused-ring (bicyclic) bond motifs is 1. The van der Waals surface area contributed by atoms with Gasteiger partial charge in [-0.2, -0.15) is 0 Å². The van der Waals surface area contributed by atoms with Gasteiger partial charge in [0, 0.05) is 37.6 Å². The third-order valence-corrected chi connectivity index (χ3v) is 4.90. The molecule has 3 heterocycles. The number of hydrogen-bond acceptors (Lipinski definition) is 5. The van der Waals surface area contributed by atoms with Crippen LogP contribution >= 0.6 is 0 Å². The van der Waals surface area contributed by atoms with E-state index in [4.69, 9.17) is 0 Å². The Kier molecular flexibility index (Phi) is 4.72. The van der Waals surface area contributed by atoms with Crippen LogP contribution < -0.4 is 15.5 Å². The monoisotopic (exact) mass is 382 g/mol. The predicted octanol–water partition coefficient (Wildman–Crippen LogP) is 2.54. The number of amides is 1. The van der Waals surface area contributed by atoms with Crippen molar-refractivity contribution in [3.05, 3.63) is 53.4 Å². The van der Waals surface area contributed by atoms with Gasteiger partial charge in [-0.05, 0) is 39.0 Å². The summed E-state index contributed by atoms with van der Waals surface area (Å²) >= 11 is 0. The molecule has 1 atom stereocenters. The summed E-state index contributed by atoms with van der Waals surface area (Å²) in [5, 5.41) is 6.04. The molecule has 1 aliphatic heterocycles. The molecule has 4 rings (SSSR count). The number of rotatable bonds is 3. The average Bonchev–Trinajstić information content (AvgIpc) is 3.04. The maximum Gasteiger partial charge on any atom is 0.259 e. The summed E-state index contributed by atoms with van der Waals surface area (Å²) < 4.78 is 16.4. The second kappa shape index (κ2) is 7.20. The number of nitrogens with one attached hydrogen (secondary N) is 2. The van der Waals surface area contributed by atoms with E-state index in [1.54, 1.807) is 16.7 Å². The molecule has 0 spiro atoms. The molecular formula is C20H23FN6O. The van der Waals surface area contributed by atoms with Crippen LogP contribution in [-0.4, -0.2) is 46.0 Å². The van der Waals surface area contributed by atoms with Crippen molar-refractivity contribution in [2.45, 2.75) is 26.8 Å². The van der Waals surface area contributed by atoms with Gasteiger partial charge in [0.05, 0.1) is 23.1 Å². The van der Waals surface area contributed by atoms with Gasteiger partial charge >= 0.3 is 0 Å². The van der Waals surface area contributed by atoms with E-state index in [9.17, 15) is 9.18 Å². The summed E-state index contributed by atoms with van der Waals surface area (Å²) in [7, 11) is 0. The molecule has 7 nitrogen and oxygen atoms in total. The minimum absolute atomic E-state index is 0.00461. The number of carbonyl (C=O) groups is 1. The molecule has 3 aromatic rings. The Hall–Kier alpha value is -3.00. The van der Waals surface area contributed by atoms with E-state index >= 15 is 0 Å². The summed E-state index contributed by atoms with van der Waals surface area (Å²) in [6.07, 6.45) is 3.53. The van der Waals surface area contributed by atoms with Crippen LogP contribution in [0.2, 0.25) is 0 Å².